The predicted octanol–water partition coefficient (Wildman–Crippen LogP) is 1.78. The molecule has 1 fully saturated rings. The van der Waals surface area contributed by atoms with Crippen LogP contribution in [0.1, 0.15) is 16.1 Å². The summed E-state index contributed by atoms with van der Waals surface area (Å²) in [5.74, 6) is -0.848. The Hall–Kier alpha value is -2.94. The van der Waals surface area contributed by atoms with Crippen LogP contribution in [-0.2, 0) is 16.0 Å². The molecule has 2 atom stereocenters. The third-order valence-corrected chi connectivity index (χ3v) is 5.49. The van der Waals surface area contributed by atoms with E-state index in [0.29, 0.717) is 49.1 Å². The largest absolute Gasteiger partial charge is 0.381 e. The third kappa shape index (κ3) is 5.04. The van der Waals surface area contributed by atoms with Crippen molar-refractivity contribution in [1.82, 2.24) is 20.2 Å². The van der Waals surface area contributed by atoms with Crippen molar-refractivity contribution in [2.24, 2.45) is 0 Å². The average Bonchev–Trinajstić information content (AvgIpc) is 3.22. The molecule has 2 amide bonds. The highest BCUT2D eigenvalue weighted by Crippen LogP contribution is 2.18. The topological polar surface area (TPSA) is 108 Å². The molecular formula is C22H23ClN4O4. The van der Waals surface area contributed by atoms with Crippen LogP contribution in [0.4, 0.5) is 0 Å². The van der Waals surface area contributed by atoms with Gasteiger partial charge in [-0.2, -0.15) is 0 Å². The van der Waals surface area contributed by atoms with Gasteiger partial charge >= 0.3 is 0 Å². The van der Waals surface area contributed by atoms with Crippen LogP contribution in [0.15, 0.2) is 48.7 Å². The number of aliphatic hydroxyl groups is 1. The molecule has 3 heterocycles. The first-order chi connectivity index (χ1) is 15.0. The van der Waals surface area contributed by atoms with Gasteiger partial charge in [-0.05, 0) is 24.1 Å². The zero-order chi connectivity index (χ0) is 21.8. The standard InChI is InChI=1S/C22H23ClN4O4/c23-19-12-15-11-17(25-18(15)13-24-19)21(29)26-16(10-14-4-2-1-3-5-14)20(28)22(30)27-6-8-31-9-7-27/h1-5,11-13,16,20,25,28H,6-10H2,(H,26,29)/t16?,20-/m0/s1. The molecule has 1 aliphatic heterocycles. The first-order valence-electron chi connectivity index (χ1n) is 10.0. The number of hydrogen-bond acceptors (Lipinski definition) is 5. The van der Waals surface area contributed by atoms with Crippen LogP contribution in [0.5, 0.6) is 0 Å². The molecule has 0 radical (unpaired) electrons. The summed E-state index contributed by atoms with van der Waals surface area (Å²) in [6, 6.07) is 11.9. The van der Waals surface area contributed by atoms with E-state index in [1.54, 1.807) is 23.2 Å². The molecule has 162 valence electrons. The van der Waals surface area contributed by atoms with Crippen molar-refractivity contribution in [3.05, 3.63) is 65.1 Å². The summed E-state index contributed by atoms with van der Waals surface area (Å²) in [5, 5.41) is 14.8. The monoisotopic (exact) mass is 442 g/mol. The number of benzene rings is 1. The van der Waals surface area contributed by atoms with Gasteiger partial charge in [0.15, 0.2) is 6.10 Å². The molecule has 1 aromatic carbocycles. The van der Waals surface area contributed by atoms with E-state index in [0.717, 1.165) is 10.9 Å². The average molecular weight is 443 g/mol. The molecule has 4 rings (SSSR count). The number of nitrogens with one attached hydrogen (secondary N) is 2. The summed E-state index contributed by atoms with van der Waals surface area (Å²) in [6.07, 6.45) is 0.465. The molecule has 0 aliphatic carbocycles. The van der Waals surface area contributed by atoms with E-state index in [4.69, 9.17) is 16.3 Å². The fraction of sp³-hybridized carbons (Fsp3) is 0.318. The van der Waals surface area contributed by atoms with Crippen molar-refractivity contribution < 1.29 is 19.4 Å². The number of morpholine rings is 1. The number of rotatable bonds is 6. The van der Waals surface area contributed by atoms with Gasteiger partial charge in [-0.15, -0.1) is 0 Å². The number of halogens is 1. The number of aliphatic hydroxyl groups excluding tert-OH is 1. The fourth-order valence-corrected chi connectivity index (χ4v) is 3.79. The maximum absolute atomic E-state index is 13.0. The molecule has 0 spiro atoms. The van der Waals surface area contributed by atoms with Crippen LogP contribution >= 0.6 is 11.6 Å². The minimum atomic E-state index is -1.39. The Morgan fingerprint density at radius 3 is 2.71 bits per heavy atom. The predicted molar refractivity (Wildman–Crippen MR) is 116 cm³/mol. The second-order valence-corrected chi connectivity index (χ2v) is 7.82. The molecule has 3 aromatic rings. The number of amides is 2. The minimum Gasteiger partial charge on any atom is -0.381 e. The summed E-state index contributed by atoms with van der Waals surface area (Å²) >= 11 is 5.92. The molecule has 1 aliphatic rings. The van der Waals surface area contributed by atoms with Crippen molar-refractivity contribution in [2.75, 3.05) is 26.3 Å². The number of carbonyl (C=O) groups excluding carboxylic acids is 2. The number of carbonyl (C=O) groups is 2. The summed E-state index contributed by atoms with van der Waals surface area (Å²) in [4.78, 5) is 34.4. The molecule has 2 aromatic heterocycles. The van der Waals surface area contributed by atoms with Crippen molar-refractivity contribution >= 4 is 34.3 Å². The van der Waals surface area contributed by atoms with Gasteiger partial charge < -0.3 is 25.0 Å². The molecular weight excluding hydrogens is 420 g/mol. The Morgan fingerprint density at radius 1 is 1.23 bits per heavy atom. The van der Waals surface area contributed by atoms with Crippen LogP contribution in [0, 0.1) is 0 Å². The Labute approximate surface area is 184 Å². The highest BCUT2D eigenvalue weighted by atomic mass is 35.5. The lowest BCUT2D eigenvalue weighted by atomic mass is 10.00. The Bertz CT molecular complexity index is 1070. The van der Waals surface area contributed by atoms with E-state index in [2.05, 4.69) is 15.3 Å². The molecule has 3 N–H and O–H groups in total. The highest BCUT2D eigenvalue weighted by Gasteiger charge is 2.32. The first kappa shape index (κ1) is 21.3. The van der Waals surface area contributed by atoms with Gasteiger partial charge in [-0.1, -0.05) is 41.9 Å². The van der Waals surface area contributed by atoms with Crippen LogP contribution in [0.25, 0.3) is 10.9 Å². The van der Waals surface area contributed by atoms with Gasteiger partial charge in [0, 0.05) is 18.5 Å². The summed E-state index contributed by atoms with van der Waals surface area (Å²) in [5.41, 5.74) is 1.86. The van der Waals surface area contributed by atoms with E-state index in [9.17, 15) is 14.7 Å². The lowest BCUT2D eigenvalue weighted by Gasteiger charge is -2.31. The van der Waals surface area contributed by atoms with E-state index < -0.39 is 24.0 Å². The Morgan fingerprint density at radius 2 is 1.97 bits per heavy atom. The van der Waals surface area contributed by atoms with Gasteiger partial charge in [0.2, 0.25) is 0 Å². The molecule has 1 saturated heterocycles. The van der Waals surface area contributed by atoms with E-state index in [-0.39, 0.29) is 0 Å². The summed E-state index contributed by atoms with van der Waals surface area (Å²) in [7, 11) is 0. The van der Waals surface area contributed by atoms with E-state index in [1.807, 2.05) is 30.3 Å². The number of pyridine rings is 1. The maximum Gasteiger partial charge on any atom is 0.268 e. The zero-order valence-electron chi connectivity index (χ0n) is 16.8. The smallest absolute Gasteiger partial charge is 0.268 e. The lowest BCUT2D eigenvalue weighted by molar-refractivity contribution is -0.145. The van der Waals surface area contributed by atoms with Gasteiger partial charge in [0.05, 0.1) is 31.0 Å². The number of ether oxygens (including phenoxy) is 1. The number of H-pyrrole nitrogens is 1. The van der Waals surface area contributed by atoms with Crippen LogP contribution < -0.4 is 5.32 Å². The summed E-state index contributed by atoms with van der Waals surface area (Å²) < 4.78 is 5.28. The normalized spacial score (nSPS) is 16.1. The molecule has 31 heavy (non-hydrogen) atoms. The van der Waals surface area contributed by atoms with E-state index in [1.165, 1.54) is 0 Å². The van der Waals surface area contributed by atoms with Gasteiger partial charge in [0.1, 0.15) is 10.8 Å². The maximum atomic E-state index is 13.0. The quantitative estimate of drug-likeness (QED) is 0.504. The molecule has 0 saturated carbocycles. The van der Waals surface area contributed by atoms with Gasteiger partial charge in [0.25, 0.3) is 11.8 Å². The van der Waals surface area contributed by atoms with Crippen molar-refractivity contribution in [2.45, 2.75) is 18.6 Å². The van der Waals surface area contributed by atoms with Crippen molar-refractivity contribution in [3.8, 4) is 0 Å². The first-order valence-corrected chi connectivity index (χ1v) is 10.4. The number of nitrogens with zero attached hydrogens (tertiary/aromatic N) is 2. The molecule has 8 nitrogen and oxygen atoms in total. The highest BCUT2D eigenvalue weighted by molar-refractivity contribution is 6.30. The van der Waals surface area contributed by atoms with Crippen LogP contribution in [0.2, 0.25) is 5.15 Å². The fourth-order valence-electron chi connectivity index (χ4n) is 3.63. The molecule has 1 unspecified atom stereocenters. The SMILES string of the molecule is O=C(NC(Cc1ccccc1)[C@H](O)C(=O)N1CCOCC1)c1cc2cc(Cl)ncc2[nH]1. The van der Waals surface area contributed by atoms with Crippen LogP contribution in [-0.4, -0.2) is 70.2 Å². The van der Waals surface area contributed by atoms with Crippen molar-refractivity contribution in [3.63, 3.8) is 0 Å². The zero-order valence-corrected chi connectivity index (χ0v) is 17.5. The third-order valence-electron chi connectivity index (χ3n) is 5.29. The number of aromatic amines is 1. The summed E-state index contributed by atoms with van der Waals surface area (Å²) in [6.45, 7) is 1.69. The Kier molecular flexibility index (Phi) is 6.50. The van der Waals surface area contributed by atoms with Gasteiger partial charge in [-0.25, -0.2) is 4.98 Å². The second-order valence-electron chi connectivity index (χ2n) is 7.43. The van der Waals surface area contributed by atoms with Crippen LogP contribution in [0.3, 0.4) is 0 Å². The molecule has 9 heteroatoms. The van der Waals surface area contributed by atoms with E-state index >= 15 is 0 Å². The number of fused-ring (bicyclic) bond motifs is 1. The minimum absolute atomic E-state index is 0.295. The number of hydrogen-bond donors (Lipinski definition) is 3. The second kappa shape index (κ2) is 9.47. The van der Waals surface area contributed by atoms with Crippen molar-refractivity contribution in [1.29, 1.82) is 0 Å². The lowest BCUT2D eigenvalue weighted by Crippen LogP contribution is -2.54. The number of aromatic nitrogens is 2. The molecule has 0 bridgehead atoms. The Balaban J connectivity index is 1.55. The van der Waals surface area contributed by atoms with Gasteiger partial charge in [-0.3, -0.25) is 9.59 Å².